The van der Waals surface area contributed by atoms with Crippen molar-refractivity contribution >= 4 is 11.4 Å². The number of hydrogen-bond acceptors (Lipinski definition) is 5. The van der Waals surface area contributed by atoms with Gasteiger partial charge in [-0.2, -0.15) is 0 Å². The maximum atomic E-state index is 10.3. The molecule has 0 N–H and O–H groups in total. The van der Waals surface area contributed by atoms with Crippen molar-refractivity contribution in [2.75, 3.05) is 6.61 Å². The predicted octanol–water partition coefficient (Wildman–Crippen LogP) is 2.63. The zero-order valence-electron chi connectivity index (χ0n) is 7.58. The molecule has 0 aliphatic carbocycles. The van der Waals surface area contributed by atoms with E-state index in [0.717, 1.165) is 0 Å². The maximum Gasteiger partial charge on any atom is 0.269 e. The van der Waals surface area contributed by atoms with Crippen LogP contribution in [-0.4, -0.2) is 11.5 Å². The Morgan fingerprint density at radius 2 is 2.07 bits per heavy atom. The summed E-state index contributed by atoms with van der Waals surface area (Å²) in [5, 5.41) is 17.4. The summed E-state index contributed by atoms with van der Waals surface area (Å²) in [6.45, 7) is 2.23. The molecule has 0 heterocycles. The Kier molecular flexibility index (Phi) is 3.54. The Hall–Kier alpha value is -1.98. The Morgan fingerprint density at radius 3 is 2.57 bits per heavy atom. The molecule has 6 nitrogen and oxygen atoms in total. The smallest absolute Gasteiger partial charge is 0.269 e. The van der Waals surface area contributed by atoms with E-state index in [0.29, 0.717) is 12.3 Å². The van der Waals surface area contributed by atoms with Crippen molar-refractivity contribution in [3.63, 3.8) is 0 Å². The molecule has 0 radical (unpaired) electrons. The zero-order valence-corrected chi connectivity index (χ0v) is 7.58. The van der Waals surface area contributed by atoms with Gasteiger partial charge in [-0.15, -0.1) is 5.11 Å². The summed E-state index contributed by atoms with van der Waals surface area (Å²) in [5.41, 5.74) is 0.546. The molecule has 0 amide bonds. The van der Waals surface area contributed by atoms with Crippen LogP contribution in [0, 0.1) is 10.1 Å². The highest BCUT2D eigenvalue weighted by molar-refractivity contribution is 5.43. The van der Waals surface area contributed by atoms with Crippen LogP contribution in [0.25, 0.3) is 0 Å². The van der Waals surface area contributed by atoms with E-state index in [4.69, 9.17) is 0 Å². The van der Waals surface area contributed by atoms with Crippen molar-refractivity contribution in [3.05, 3.63) is 34.4 Å². The first-order chi connectivity index (χ1) is 6.74. The van der Waals surface area contributed by atoms with Crippen molar-refractivity contribution in [1.82, 2.24) is 0 Å². The quantitative estimate of drug-likeness (QED) is 0.421. The van der Waals surface area contributed by atoms with Gasteiger partial charge in [-0.1, -0.05) is 0 Å². The van der Waals surface area contributed by atoms with Crippen molar-refractivity contribution < 1.29 is 9.76 Å². The second kappa shape index (κ2) is 4.90. The van der Waals surface area contributed by atoms with E-state index in [1.165, 1.54) is 24.3 Å². The first kappa shape index (κ1) is 10.1. The number of nitro benzene ring substituents is 1. The number of benzene rings is 1. The van der Waals surface area contributed by atoms with Crippen LogP contribution < -0.4 is 0 Å². The first-order valence-electron chi connectivity index (χ1n) is 4.01. The molecule has 74 valence electrons. The molecular formula is C8H9N3O3. The van der Waals surface area contributed by atoms with Crippen LogP contribution in [0.15, 0.2) is 34.7 Å². The average Bonchev–Trinajstić information content (AvgIpc) is 2.19. The molecule has 0 saturated heterocycles. The second-order valence-electron chi connectivity index (χ2n) is 2.37. The molecule has 0 saturated carbocycles. The second-order valence-corrected chi connectivity index (χ2v) is 2.37. The molecule has 1 aromatic rings. The molecule has 14 heavy (non-hydrogen) atoms. The summed E-state index contributed by atoms with van der Waals surface area (Å²) in [7, 11) is 0. The fourth-order valence-electron chi connectivity index (χ4n) is 0.775. The molecule has 0 unspecified atom stereocenters. The molecule has 6 heteroatoms. The van der Waals surface area contributed by atoms with Crippen molar-refractivity contribution in [1.29, 1.82) is 0 Å². The zero-order chi connectivity index (χ0) is 10.4. The molecule has 0 fully saturated rings. The SMILES string of the molecule is CCON=Nc1ccc([N+](=O)[O-])cc1. The Morgan fingerprint density at radius 1 is 1.43 bits per heavy atom. The van der Waals surface area contributed by atoms with Gasteiger partial charge < -0.3 is 4.84 Å². The van der Waals surface area contributed by atoms with Crippen LogP contribution in [-0.2, 0) is 4.84 Å². The summed E-state index contributed by atoms with van der Waals surface area (Å²) in [6.07, 6.45) is 0. The molecule has 1 rings (SSSR count). The number of nitro groups is 1. The van der Waals surface area contributed by atoms with Gasteiger partial charge in [-0.25, -0.2) is 0 Å². The number of rotatable bonds is 4. The van der Waals surface area contributed by atoms with Crippen molar-refractivity contribution in [3.8, 4) is 0 Å². The molecule has 0 aliphatic rings. The van der Waals surface area contributed by atoms with E-state index in [-0.39, 0.29) is 5.69 Å². The minimum atomic E-state index is -0.469. The lowest BCUT2D eigenvalue weighted by molar-refractivity contribution is -0.384. The summed E-state index contributed by atoms with van der Waals surface area (Å²) in [6, 6.07) is 5.72. The molecule has 0 spiro atoms. The van der Waals surface area contributed by atoms with Crippen molar-refractivity contribution in [2.24, 2.45) is 10.4 Å². The standard InChI is InChI=1S/C8H9N3O3/c1-2-14-10-9-7-3-5-8(6-4-7)11(12)13/h3-6H,2H2,1H3. The monoisotopic (exact) mass is 195 g/mol. The van der Waals surface area contributed by atoms with Crippen LogP contribution in [0.2, 0.25) is 0 Å². The van der Waals surface area contributed by atoms with E-state index in [1.54, 1.807) is 6.92 Å². The fraction of sp³-hybridized carbons (Fsp3) is 0.250. The molecule has 0 atom stereocenters. The Balaban J connectivity index is 2.68. The third-order valence-corrected chi connectivity index (χ3v) is 1.40. The summed E-state index contributed by atoms with van der Waals surface area (Å²) < 4.78 is 0. The summed E-state index contributed by atoms with van der Waals surface area (Å²) in [5.74, 6) is 0. The van der Waals surface area contributed by atoms with Gasteiger partial charge in [0.2, 0.25) is 0 Å². The lowest BCUT2D eigenvalue weighted by atomic mass is 10.3. The molecule has 1 aromatic carbocycles. The van der Waals surface area contributed by atoms with E-state index >= 15 is 0 Å². The summed E-state index contributed by atoms with van der Waals surface area (Å²) >= 11 is 0. The van der Waals surface area contributed by atoms with Crippen LogP contribution >= 0.6 is 0 Å². The van der Waals surface area contributed by atoms with Gasteiger partial charge in [0.15, 0.2) is 0 Å². The highest BCUT2D eigenvalue weighted by Crippen LogP contribution is 2.17. The minimum Gasteiger partial charge on any atom is -0.380 e. The Labute approximate surface area is 80.3 Å². The van der Waals surface area contributed by atoms with E-state index in [1.807, 2.05) is 0 Å². The van der Waals surface area contributed by atoms with Gasteiger partial charge >= 0.3 is 0 Å². The van der Waals surface area contributed by atoms with E-state index < -0.39 is 4.92 Å². The van der Waals surface area contributed by atoms with Crippen LogP contribution in [0.4, 0.5) is 11.4 Å². The number of non-ortho nitro benzene ring substituents is 1. The maximum absolute atomic E-state index is 10.3. The van der Waals surface area contributed by atoms with Gasteiger partial charge in [0.05, 0.1) is 10.6 Å². The first-order valence-corrected chi connectivity index (χ1v) is 4.01. The predicted molar refractivity (Wildman–Crippen MR) is 49.2 cm³/mol. The average molecular weight is 195 g/mol. The third kappa shape index (κ3) is 2.81. The van der Waals surface area contributed by atoms with Crippen molar-refractivity contribution in [2.45, 2.75) is 6.92 Å². The normalized spacial score (nSPS) is 10.4. The fourth-order valence-corrected chi connectivity index (χ4v) is 0.775. The number of nitrogens with zero attached hydrogens (tertiary/aromatic N) is 3. The van der Waals surface area contributed by atoms with Crippen LogP contribution in [0.1, 0.15) is 6.92 Å². The Bertz CT molecular complexity index is 334. The molecule has 0 aliphatic heterocycles. The lowest BCUT2D eigenvalue weighted by Crippen LogP contribution is -1.85. The van der Waals surface area contributed by atoms with Gasteiger partial charge in [0, 0.05) is 17.4 Å². The van der Waals surface area contributed by atoms with Gasteiger partial charge in [0.25, 0.3) is 5.69 Å². The highest BCUT2D eigenvalue weighted by atomic mass is 16.6. The largest absolute Gasteiger partial charge is 0.380 e. The van der Waals surface area contributed by atoms with Gasteiger partial charge in [-0.05, 0) is 19.1 Å². The highest BCUT2D eigenvalue weighted by Gasteiger charge is 2.02. The van der Waals surface area contributed by atoms with E-state index in [9.17, 15) is 10.1 Å². The summed E-state index contributed by atoms with van der Waals surface area (Å²) in [4.78, 5) is 14.5. The molecular weight excluding hydrogens is 186 g/mol. The molecule has 0 bridgehead atoms. The minimum absolute atomic E-state index is 0.0281. The third-order valence-electron chi connectivity index (χ3n) is 1.40. The van der Waals surface area contributed by atoms with Gasteiger partial charge in [-0.3, -0.25) is 10.1 Å². The molecule has 0 aromatic heterocycles. The topological polar surface area (TPSA) is 77.1 Å². The number of hydrogen-bond donors (Lipinski definition) is 0. The van der Waals surface area contributed by atoms with E-state index in [2.05, 4.69) is 15.2 Å². The van der Waals surface area contributed by atoms with Crippen LogP contribution in [0.5, 0.6) is 0 Å². The van der Waals surface area contributed by atoms with Gasteiger partial charge in [0.1, 0.15) is 6.61 Å². The van der Waals surface area contributed by atoms with Crippen LogP contribution in [0.3, 0.4) is 0 Å². The lowest BCUT2D eigenvalue weighted by Gasteiger charge is -1.92.